The average Bonchev–Trinajstić information content (AvgIpc) is 2.53. The SMILES string of the molecule is C[C@@H](NCC(=O)NC1CCCCC1)c1cccc(C(F)(F)F)c1. The average molecular weight is 328 g/mol. The molecule has 2 N–H and O–H groups in total. The van der Waals surface area contributed by atoms with E-state index in [0.717, 1.165) is 37.8 Å². The number of hydrogen-bond donors (Lipinski definition) is 2. The largest absolute Gasteiger partial charge is 0.416 e. The van der Waals surface area contributed by atoms with Crippen molar-refractivity contribution in [3.05, 3.63) is 35.4 Å². The number of hydrogen-bond acceptors (Lipinski definition) is 2. The zero-order valence-electron chi connectivity index (χ0n) is 13.2. The highest BCUT2D eigenvalue weighted by Crippen LogP contribution is 2.30. The van der Waals surface area contributed by atoms with Gasteiger partial charge in [0.25, 0.3) is 0 Å². The summed E-state index contributed by atoms with van der Waals surface area (Å²) in [7, 11) is 0. The first kappa shape index (κ1) is 17.8. The smallest absolute Gasteiger partial charge is 0.352 e. The maximum absolute atomic E-state index is 12.7. The summed E-state index contributed by atoms with van der Waals surface area (Å²) >= 11 is 0. The minimum atomic E-state index is -4.35. The van der Waals surface area contributed by atoms with Crippen molar-refractivity contribution in [3.63, 3.8) is 0 Å². The minimum absolute atomic E-state index is 0.101. The molecule has 6 heteroatoms. The van der Waals surface area contributed by atoms with E-state index in [1.165, 1.54) is 12.5 Å². The summed E-state index contributed by atoms with van der Waals surface area (Å²) in [4.78, 5) is 11.9. The van der Waals surface area contributed by atoms with Gasteiger partial charge >= 0.3 is 6.18 Å². The summed E-state index contributed by atoms with van der Waals surface area (Å²) in [5, 5.41) is 5.97. The van der Waals surface area contributed by atoms with E-state index in [0.29, 0.717) is 5.56 Å². The highest BCUT2D eigenvalue weighted by molar-refractivity contribution is 5.78. The third-order valence-electron chi connectivity index (χ3n) is 4.25. The van der Waals surface area contributed by atoms with Gasteiger partial charge in [0, 0.05) is 12.1 Å². The normalized spacial score (nSPS) is 17.7. The van der Waals surface area contributed by atoms with E-state index in [9.17, 15) is 18.0 Å². The summed E-state index contributed by atoms with van der Waals surface area (Å²) in [6.07, 6.45) is 1.16. The van der Waals surface area contributed by atoms with Crippen molar-refractivity contribution >= 4 is 5.91 Å². The molecule has 0 heterocycles. The van der Waals surface area contributed by atoms with Crippen molar-refractivity contribution in [3.8, 4) is 0 Å². The number of carbonyl (C=O) groups excluding carboxylic acids is 1. The molecule has 0 radical (unpaired) electrons. The molecule has 3 nitrogen and oxygen atoms in total. The zero-order chi connectivity index (χ0) is 16.9. The molecule has 2 rings (SSSR count). The van der Waals surface area contributed by atoms with E-state index in [2.05, 4.69) is 10.6 Å². The van der Waals surface area contributed by atoms with E-state index in [4.69, 9.17) is 0 Å². The van der Waals surface area contributed by atoms with Gasteiger partial charge in [-0.15, -0.1) is 0 Å². The van der Waals surface area contributed by atoms with Gasteiger partial charge in [0.2, 0.25) is 5.91 Å². The van der Waals surface area contributed by atoms with Crippen LogP contribution in [0.4, 0.5) is 13.2 Å². The molecule has 23 heavy (non-hydrogen) atoms. The Bertz CT molecular complexity index is 525. The molecule has 1 saturated carbocycles. The number of nitrogens with one attached hydrogen (secondary N) is 2. The molecule has 0 saturated heterocycles. The number of alkyl halides is 3. The second-order valence-electron chi connectivity index (χ2n) is 6.13. The molecule has 1 aromatic rings. The molecule has 1 aromatic carbocycles. The van der Waals surface area contributed by atoms with Crippen LogP contribution in [0.25, 0.3) is 0 Å². The number of benzene rings is 1. The molecule has 1 atom stereocenters. The number of halogens is 3. The molecule has 0 bridgehead atoms. The number of rotatable bonds is 5. The lowest BCUT2D eigenvalue weighted by atomic mass is 9.95. The monoisotopic (exact) mass is 328 g/mol. The van der Waals surface area contributed by atoms with Crippen LogP contribution < -0.4 is 10.6 Å². The molecule has 128 valence electrons. The van der Waals surface area contributed by atoms with Crippen molar-refractivity contribution in [1.29, 1.82) is 0 Å². The van der Waals surface area contributed by atoms with Crippen molar-refractivity contribution in [1.82, 2.24) is 10.6 Å². The summed E-state index contributed by atoms with van der Waals surface area (Å²) in [6.45, 7) is 1.86. The quantitative estimate of drug-likeness (QED) is 0.863. The summed E-state index contributed by atoms with van der Waals surface area (Å²) in [5.74, 6) is -0.101. The lowest BCUT2D eigenvalue weighted by Gasteiger charge is -2.23. The predicted molar refractivity (Wildman–Crippen MR) is 82.9 cm³/mol. The Morgan fingerprint density at radius 3 is 2.61 bits per heavy atom. The van der Waals surface area contributed by atoms with Crippen LogP contribution in [0, 0.1) is 0 Å². The second kappa shape index (κ2) is 7.81. The van der Waals surface area contributed by atoms with Gasteiger partial charge in [-0.1, -0.05) is 31.4 Å². The molecule has 1 amide bonds. The van der Waals surface area contributed by atoms with Crippen LogP contribution in [-0.2, 0) is 11.0 Å². The van der Waals surface area contributed by atoms with Gasteiger partial charge in [-0.05, 0) is 37.5 Å². The fraction of sp³-hybridized carbons (Fsp3) is 0.588. The van der Waals surface area contributed by atoms with Crippen LogP contribution >= 0.6 is 0 Å². The van der Waals surface area contributed by atoms with Crippen LogP contribution in [0.15, 0.2) is 24.3 Å². The second-order valence-corrected chi connectivity index (χ2v) is 6.13. The summed E-state index contributed by atoms with van der Waals surface area (Å²) in [5.41, 5.74) is -0.152. The van der Waals surface area contributed by atoms with Crippen LogP contribution in [0.5, 0.6) is 0 Å². The lowest BCUT2D eigenvalue weighted by molar-refractivity contribution is -0.137. The van der Waals surface area contributed by atoms with E-state index in [1.807, 2.05) is 0 Å². The molecular weight excluding hydrogens is 305 g/mol. The molecule has 1 aliphatic rings. The minimum Gasteiger partial charge on any atom is -0.352 e. The first-order chi connectivity index (χ1) is 10.9. The molecule has 0 unspecified atom stereocenters. The fourth-order valence-corrected chi connectivity index (χ4v) is 2.87. The number of carbonyl (C=O) groups is 1. The van der Waals surface area contributed by atoms with Crippen molar-refractivity contribution in [2.45, 2.75) is 57.3 Å². The van der Waals surface area contributed by atoms with Gasteiger partial charge in [-0.3, -0.25) is 4.79 Å². The van der Waals surface area contributed by atoms with Crippen LogP contribution in [0.2, 0.25) is 0 Å². The Kier molecular flexibility index (Phi) is 6.04. The Labute approximate surface area is 134 Å². The first-order valence-electron chi connectivity index (χ1n) is 8.06. The standard InChI is InChI=1S/C17H23F3N2O/c1-12(13-6-5-7-14(10-13)17(18,19)20)21-11-16(23)22-15-8-3-2-4-9-15/h5-7,10,12,15,21H,2-4,8-9,11H2,1H3,(H,22,23)/t12-/m1/s1. The first-order valence-corrected chi connectivity index (χ1v) is 8.06. The van der Waals surface area contributed by atoms with Crippen LogP contribution in [0.1, 0.15) is 56.2 Å². The highest BCUT2D eigenvalue weighted by Gasteiger charge is 2.30. The summed E-state index contributed by atoms with van der Waals surface area (Å²) in [6, 6.07) is 5.10. The van der Waals surface area contributed by atoms with Crippen molar-refractivity contribution < 1.29 is 18.0 Å². The maximum Gasteiger partial charge on any atom is 0.416 e. The maximum atomic E-state index is 12.7. The van der Waals surface area contributed by atoms with E-state index in [1.54, 1.807) is 13.0 Å². The lowest BCUT2D eigenvalue weighted by Crippen LogP contribution is -2.41. The van der Waals surface area contributed by atoms with E-state index < -0.39 is 11.7 Å². The zero-order valence-corrected chi connectivity index (χ0v) is 13.2. The Hall–Kier alpha value is -1.56. The molecular formula is C17H23F3N2O. The van der Waals surface area contributed by atoms with Gasteiger partial charge in [0.15, 0.2) is 0 Å². The summed E-state index contributed by atoms with van der Waals surface area (Å²) < 4.78 is 38.2. The van der Waals surface area contributed by atoms with E-state index >= 15 is 0 Å². The van der Waals surface area contributed by atoms with E-state index in [-0.39, 0.29) is 24.5 Å². The third-order valence-corrected chi connectivity index (χ3v) is 4.25. The van der Waals surface area contributed by atoms with Crippen LogP contribution in [0.3, 0.4) is 0 Å². The van der Waals surface area contributed by atoms with Gasteiger partial charge in [-0.2, -0.15) is 13.2 Å². The Morgan fingerprint density at radius 1 is 1.26 bits per heavy atom. The van der Waals surface area contributed by atoms with Crippen molar-refractivity contribution in [2.24, 2.45) is 0 Å². The van der Waals surface area contributed by atoms with Gasteiger partial charge in [-0.25, -0.2) is 0 Å². The molecule has 1 fully saturated rings. The van der Waals surface area contributed by atoms with Gasteiger partial charge in [0.1, 0.15) is 0 Å². The predicted octanol–water partition coefficient (Wildman–Crippen LogP) is 3.80. The Morgan fingerprint density at radius 2 is 1.96 bits per heavy atom. The van der Waals surface area contributed by atoms with Gasteiger partial charge < -0.3 is 10.6 Å². The third kappa shape index (κ3) is 5.53. The number of amides is 1. The molecule has 0 spiro atoms. The highest BCUT2D eigenvalue weighted by atomic mass is 19.4. The Balaban J connectivity index is 1.84. The fourth-order valence-electron chi connectivity index (χ4n) is 2.87. The molecule has 1 aliphatic carbocycles. The topological polar surface area (TPSA) is 41.1 Å². The van der Waals surface area contributed by atoms with Crippen molar-refractivity contribution in [2.75, 3.05) is 6.54 Å². The molecule has 0 aliphatic heterocycles. The van der Waals surface area contributed by atoms with Gasteiger partial charge in [0.05, 0.1) is 12.1 Å². The molecule has 0 aromatic heterocycles. The van der Waals surface area contributed by atoms with Crippen LogP contribution in [-0.4, -0.2) is 18.5 Å².